The molecule has 0 bridgehead atoms. The van der Waals surface area contributed by atoms with Crippen molar-refractivity contribution in [2.75, 3.05) is 25.0 Å². The first-order valence-corrected chi connectivity index (χ1v) is 9.76. The van der Waals surface area contributed by atoms with E-state index in [-0.39, 0.29) is 24.3 Å². The number of piperidine rings is 1. The molecule has 2 aliphatic rings. The van der Waals surface area contributed by atoms with Crippen molar-refractivity contribution >= 4 is 34.4 Å². The van der Waals surface area contributed by atoms with Gasteiger partial charge < -0.3 is 14.6 Å². The number of carbonyl (C=O) groups is 2. The maximum absolute atomic E-state index is 12.5. The summed E-state index contributed by atoms with van der Waals surface area (Å²) in [6.07, 6.45) is 4.00. The highest BCUT2D eigenvalue weighted by Crippen LogP contribution is 2.23. The fraction of sp³-hybridized carbons (Fsp3) is 0.500. The lowest BCUT2D eigenvalue weighted by Crippen LogP contribution is -2.48. The lowest BCUT2D eigenvalue weighted by Gasteiger charge is -2.38. The van der Waals surface area contributed by atoms with Crippen LogP contribution in [0.5, 0.6) is 0 Å². The molecule has 1 saturated heterocycles. The third-order valence-corrected chi connectivity index (χ3v) is 5.45. The van der Waals surface area contributed by atoms with Crippen LogP contribution in [0.25, 0.3) is 11.1 Å². The molecule has 28 heavy (non-hydrogen) atoms. The van der Waals surface area contributed by atoms with Gasteiger partial charge in [0.25, 0.3) is 0 Å². The Morgan fingerprint density at radius 1 is 1.29 bits per heavy atom. The molecule has 0 radical (unpaired) electrons. The van der Waals surface area contributed by atoms with Crippen LogP contribution in [0.1, 0.15) is 33.1 Å². The second-order valence-electron chi connectivity index (χ2n) is 7.77. The van der Waals surface area contributed by atoms with Crippen molar-refractivity contribution in [3.05, 3.63) is 24.6 Å². The third-order valence-electron chi connectivity index (χ3n) is 5.45. The number of hydrazone groups is 1. The van der Waals surface area contributed by atoms with E-state index in [1.54, 1.807) is 18.2 Å². The summed E-state index contributed by atoms with van der Waals surface area (Å²) in [4.78, 5) is 31.2. The average Bonchev–Trinajstić information content (AvgIpc) is 3.12. The normalized spacial score (nSPS) is 21.1. The van der Waals surface area contributed by atoms with Crippen molar-refractivity contribution in [2.45, 2.75) is 33.1 Å². The van der Waals surface area contributed by atoms with Gasteiger partial charge in [-0.25, -0.2) is 9.99 Å². The smallest absolute Gasteiger partial charge is 0.246 e. The Hall–Kier alpha value is -2.90. The highest BCUT2D eigenvalue weighted by molar-refractivity contribution is 5.98. The van der Waals surface area contributed by atoms with Crippen LogP contribution in [-0.4, -0.2) is 52.2 Å². The molecule has 2 aromatic rings. The number of carbonyl (C=O) groups excluding carboxylic acids is 2. The number of amidine groups is 1. The second kappa shape index (κ2) is 7.61. The summed E-state index contributed by atoms with van der Waals surface area (Å²) in [5, 5.41) is 8.66. The van der Waals surface area contributed by atoms with Crippen LogP contribution in [-0.2, 0) is 9.59 Å². The zero-order valence-corrected chi connectivity index (χ0v) is 16.2. The van der Waals surface area contributed by atoms with Gasteiger partial charge in [-0.2, -0.15) is 5.10 Å². The predicted molar refractivity (Wildman–Crippen MR) is 106 cm³/mol. The molecule has 1 aromatic heterocycles. The molecule has 1 atom stereocenters. The SMILES string of the molecule is CC1CCN(C2=NN(CC(=O)Nc3ccc4ocnc4c3)C(=O)CC2C)CC1. The van der Waals surface area contributed by atoms with Crippen LogP contribution in [0.4, 0.5) is 5.69 Å². The number of oxazole rings is 1. The minimum Gasteiger partial charge on any atom is -0.443 e. The minimum atomic E-state index is -0.291. The van der Waals surface area contributed by atoms with E-state index in [1.807, 2.05) is 6.92 Å². The average molecular weight is 383 g/mol. The van der Waals surface area contributed by atoms with Crippen LogP contribution >= 0.6 is 0 Å². The van der Waals surface area contributed by atoms with E-state index in [1.165, 1.54) is 11.4 Å². The number of rotatable bonds is 3. The van der Waals surface area contributed by atoms with Crippen molar-refractivity contribution < 1.29 is 14.0 Å². The zero-order chi connectivity index (χ0) is 19.7. The Morgan fingerprint density at radius 2 is 2.07 bits per heavy atom. The fourth-order valence-corrected chi connectivity index (χ4v) is 3.74. The summed E-state index contributed by atoms with van der Waals surface area (Å²) in [5.41, 5.74) is 1.93. The number of anilines is 1. The van der Waals surface area contributed by atoms with Crippen LogP contribution in [0.15, 0.2) is 34.1 Å². The van der Waals surface area contributed by atoms with Gasteiger partial charge in [0.15, 0.2) is 12.0 Å². The lowest BCUT2D eigenvalue weighted by atomic mass is 9.96. The first-order chi connectivity index (χ1) is 13.5. The molecule has 1 unspecified atom stereocenters. The Bertz CT molecular complexity index is 913. The Labute approximate surface area is 163 Å². The monoisotopic (exact) mass is 383 g/mol. The van der Waals surface area contributed by atoms with Crippen molar-refractivity contribution in [3.8, 4) is 0 Å². The van der Waals surface area contributed by atoms with Crippen molar-refractivity contribution in [2.24, 2.45) is 16.9 Å². The predicted octanol–water partition coefficient (Wildman–Crippen LogP) is 2.68. The van der Waals surface area contributed by atoms with Crippen LogP contribution < -0.4 is 5.32 Å². The maximum atomic E-state index is 12.5. The molecule has 1 aromatic carbocycles. The Kier molecular flexibility index (Phi) is 5.02. The number of fused-ring (bicyclic) bond motifs is 1. The minimum absolute atomic E-state index is 0.0785. The molecule has 0 spiro atoms. The topological polar surface area (TPSA) is 91.0 Å². The summed E-state index contributed by atoms with van der Waals surface area (Å²) in [5.74, 6) is 1.31. The number of hydrogen-bond donors (Lipinski definition) is 1. The number of likely N-dealkylation sites (tertiary alicyclic amines) is 1. The number of amides is 2. The zero-order valence-electron chi connectivity index (χ0n) is 16.2. The van der Waals surface area contributed by atoms with E-state index in [4.69, 9.17) is 4.42 Å². The largest absolute Gasteiger partial charge is 0.443 e. The number of aromatic nitrogens is 1. The van der Waals surface area contributed by atoms with E-state index in [0.29, 0.717) is 23.2 Å². The summed E-state index contributed by atoms with van der Waals surface area (Å²) in [7, 11) is 0. The quantitative estimate of drug-likeness (QED) is 0.880. The molecule has 1 fully saturated rings. The third kappa shape index (κ3) is 3.85. The molecule has 2 amide bonds. The van der Waals surface area contributed by atoms with E-state index in [9.17, 15) is 9.59 Å². The molecule has 1 N–H and O–H groups in total. The number of nitrogens with one attached hydrogen (secondary N) is 1. The molecule has 2 aliphatic heterocycles. The van der Waals surface area contributed by atoms with Gasteiger partial charge in [0.05, 0.1) is 0 Å². The molecule has 8 heteroatoms. The van der Waals surface area contributed by atoms with Crippen molar-refractivity contribution in [1.29, 1.82) is 0 Å². The highest BCUT2D eigenvalue weighted by Gasteiger charge is 2.32. The molecular formula is C20H25N5O3. The summed E-state index contributed by atoms with van der Waals surface area (Å²) >= 11 is 0. The van der Waals surface area contributed by atoms with Gasteiger partial charge in [-0.05, 0) is 37.0 Å². The van der Waals surface area contributed by atoms with Gasteiger partial charge in [-0.3, -0.25) is 9.59 Å². The fourth-order valence-electron chi connectivity index (χ4n) is 3.74. The van der Waals surface area contributed by atoms with E-state index < -0.39 is 0 Å². The summed E-state index contributed by atoms with van der Waals surface area (Å²) in [6.45, 7) is 6.10. The second-order valence-corrected chi connectivity index (χ2v) is 7.77. The molecule has 8 nitrogen and oxygen atoms in total. The van der Waals surface area contributed by atoms with Gasteiger partial charge >= 0.3 is 0 Å². The molecule has 0 saturated carbocycles. The van der Waals surface area contributed by atoms with Crippen LogP contribution in [0.2, 0.25) is 0 Å². The molecule has 4 rings (SSSR count). The van der Waals surface area contributed by atoms with E-state index >= 15 is 0 Å². The Morgan fingerprint density at radius 3 is 2.86 bits per heavy atom. The van der Waals surface area contributed by atoms with Gasteiger partial charge in [-0.15, -0.1) is 0 Å². The highest BCUT2D eigenvalue weighted by atomic mass is 16.3. The van der Waals surface area contributed by atoms with Crippen molar-refractivity contribution in [1.82, 2.24) is 14.9 Å². The summed E-state index contributed by atoms with van der Waals surface area (Å²) in [6, 6.07) is 5.23. The number of nitrogens with zero attached hydrogens (tertiary/aromatic N) is 4. The van der Waals surface area contributed by atoms with E-state index in [0.717, 1.165) is 37.7 Å². The first kappa shape index (κ1) is 18.5. The Balaban J connectivity index is 1.44. The first-order valence-electron chi connectivity index (χ1n) is 9.76. The van der Waals surface area contributed by atoms with Gasteiger partial charge in [-0.1, -0.05) is 13.8 Å². The number of hydrogen-bond acceptors (Lipinski definition) is 6. The molecular weight excluding hydrogens is 358 g/mol. The van der Waals surface area contributed by atoms with Gasteiger partial charge in [0, 0.05) is 31.1 Å². The molecule has 148 valence electrons. The standard InChI is InChI=1S/C20H25N5O3/c1-13-5-7-24(8-6-13)20-14(2)9-19(27)25(23-20)11-18(26)22-15-3-4-17-16(10-15)21-12-28-17/h3-4,10,12-14H,5-9,11H2,1-2H3,(H,22,26). The molecule has 3 heterocycles. The van der Waals surface area contributed by atoms with Crippen LogP contribution in [0, 0.1) is 11.8 Å². The van der Waals surface area contributed by atoms with E-state index in [2.05, 4.69) is 27.2 Å². The van der Waals surface area contributed by atoms with Crippen LogP contribution in [0.3, 0.4) is 0 Å². The molecule has 0 aliphatic carbocycles. The van der Waals surface area contributed by atoms with Crippen molar-refractivity contribution in [3.63, 3.8) is 0 Å². The maximum Gasteiger partial charge on any atom is 0.246 e. The van der Waals surface area contributed by atoms with Gasteiger partial charge in [0.2, 0.25) is 11.8 Å². The van der Waals surface area contributed by atoms with Gasteiger partial charge in [0.1, 0.15) is 17.9 Å². The number of benzene rings is 1. The lowest BCUT2D eigenvalue weighted by molar-refractivity contribution is -0.136. The summed E-state index contributed by atoms with van der Waals surface area (Å²) < 4.78 is 5.20.